The Balaban J connectivity index is 1.41. The standard InChI is InChI=1S/C46H28N6/c1-3-9-29(10-4-1)31-17-21-33(22-18-31)39(34-23-19-32(20-24-34)30-11-5-2-6-12-30)46-51-42-35(13-7-15-37(42)40-44(51)49-27-25-47-40)36-14-8-16-38-41-45(50-28-26-48-41)52(46)43(36)38/h1-28H. The molecule has 242 valence electrons. The van der Waals surface area contributed by atoms with E-state index in [1.165, 1.54) is 11.1 Å². The lowest BCUT2D eigenvalue weighted by Crippen LogP contribution is -2.25. The van der Waals surface area contributed by atoms with E-state index in [0.29, 0.717) is 0 Å². The van der Waals surface area contributed by atoms with Gasteiger partial charge in [0.2, 0.25) is 0 Å². The predicted octanol–water partition coefficient (Wildman–Crippen LogP) is 9.68. The molecule has 0 spiro atoms. The van der Waals surface area contributed by atoms with Gasteiger partial charge in [0.05, 0.1) is 11.0 Å². The van der Waals surface area contributed by atoms with Crippen LogP contribution < -0.4 is 5.48 Å². The minimum atomic E-state index is 0.783. The van der Waals surface area contributed by atoms with Gasteiger partial charge in [0.25, 0.3) is 0 Å². The van der Waals surface area contributed by atoms with E-state index < -0.39 is 0 Å². The summed E-state index contributed by atoms with van der Waals surface area (Å²) in [6.45, 7) is 0. The fourth-order valence-corrected chi connectivity index (χ4v) is 8.05. The summed E-state index contributed by atoms with van der Waals surface area (Å²) < 4.78 is 4.62. The first-order valence-corrected chi connectivity index (χ1v) is 17.4. The van der Waals surface area contributed by atoms with Gasteiger partial charge in [0.15, 0.2) is 11.3 Å². The number of aromatic nitrogens is 6. The van der Waals surface area contributed by atoms with Crippen molar-refractivity contribution in [2.24, 2.45) is 0 Å². The molecule has 0 radical (unpaired) electrons. The van der Waals surface area contributed by atoms with E-state index in [9.17, 15) is 0 Å². The van der Waals surface area contributed by atoms with Crippen molar-refractivity contribution in [2.75, 3.05) is 0 Å². The molecule has 0 aliphatic rings. The van der Waals surface area contributed by atoms with Crippen LogP contribution in [-0.2, 0) is 0 Å². The average Bonchev–Trinajstić information content (AvgIpc) is 3.70. The lowest BCUT2D eigenvalue weighted by molar-refractivity contribution is 0.997. The van der Waals surface area contributed by atoms with Crippen LogP contribution in [0.4, 0.5) is 0 Å². The molecule has 0 amide bonds. The van der Waals surface area contributed by atoms with Crippen LogP contribution in [0.15, 0.2) is 170 Å². The van der Waals surface area contributed by atoms with Crippen molar-refractivity contribution in [2.45, 2.75) is 0 Å². The van der Waals surface area contributed by atoms with Gasteiger partial charge in [-0.2, -0.15) is 0 Å². The molecule has 6 aromatic carbocycles. The van der Waals surface area contributed by atoms with Crippen LogP contribution >= 0.6 is 0 Å². The molecule has 0 fully saturated rings. The minimum absolute atomic E-state index is 0.783. The van der Waals surface area contributed by atoms with Gasteiger partial charge in [-0.05, 0) is 33.4 Å². The predicted molar refractivity (Wildman–Crippen MR) is 210 cm³/mol. The van der Waals surface area contributed by atoms with Gasteiger partial charge in [-0.1, -0.05) is 146 Å². The molecule has 0 N–H and O–H groups in total. The zero-order chi connectivity index (χ0) is 34.2. The van der Waals surface area contributed by atoms with Crippen molar-refractivity contribution in [3.05, 3.63) is 187 Å². The Bertz CT molecular complexity index is 2980. The van der Waals surface area contributed by atoms with Crippen molar-refractivity contribution in [3.63, 3.8) is 0 Å². The molecule has 5 aromatic heterocycles. The van der Waals surface area contributed by atoms with Crippen molar-refractivity contribution >= 4 is 60.5 Å². The average molecular weight is 665 g/mol. The van der Waals surface area contributed by atoms with Crippen LogP contribution in [0.25, 0.3) is 82.7 Å². The topological polar surface area (TPSA) is 60.4 Å². The quantitative estimate of drug-likeness (QED) is 0.188. The van der Waals surface area contributed by atoms with Crippen LogP contribution in [0.3, 0.4) is 0 Å². The first-order chi connectivity index (χ1) is 25.8. The summed E-state index contributed by atoms with van der Waals surface area (Å²) in [7, 11) is 0. The molecule has 5 heterocycles. The number of hydrogen-bond donors (Lipinski definition) is 0. The Morgan fingerprint density at radius 2 is 0.731 bits per heavy atom. The molecular weight excluding hydrogens is 637 g/mol. The zero-order valence-corrected chi connectivity index (χ0v) is 27.8. The van der Waals surface area contributed by atoms with E-state index in [2.05, 4.69) is 154 Å². The third-order valence-corrected chi connectivity index (χ3v) is 10.3. The van der Waals surface area contributed by atoms with E-state index in [4.69, 9.17) is 19.9 Å². The first kappa shape index (κ1) is 28.6. The molecule has 6 nitrogen and oxygen atoms in total. The SMILES string of the molecule is c1ccc(-c2ccc(C(c3ccc(-c4ccccc4)cc3)=c3n4c5nccnc5c5cccc(c6cccc7c8nccnc8n3c67)c54)cc2)cc1. The maximum absolute atomic E-state index is 5.04. The van der Waals surface area contributed by atoms with Crippen molar-refractivity contribution in [3.8, 4) is 22.3 Å². The van der Waals surface area contributed by atoms with Gasteiger partial charge >= 0.3 is 0 Å². The highest BCUT2D eigenvalue weighted by molar-refractivity contribution is 6.22. The summed E-state index contributed by atoms with van der Waals surface area (Å²) in [6, 6.07) is 51.8. The second-order valence-corrected chi connectivity index (χ2v) is 13.1. The van der Waals surface area contributed by atoms with Gasteiger partial charge in [-0.3, -0.25) is 18.8 Å². The first-order valence-electron chi connectivity index (χ1n) is 17.4. The molecule has 0 atom stereocenters. The summed E-state index contributed by atoms with van der Waals surface area (Å²) >= 11 is 0. The fraction of sp³-hybridized carbons (Fsp3) is 0. The smallest absolute Gasteiger partial charge is 0.165 e. The zero-order valence-electron chi connectivity index (χ0n) is 27.8. The molecule has 11 aromatic rings. The highest BCUT2D eigenvalue weighted by atomic mass is 15.1. The molecule has 0 aliphatic heterocycles. The number of hydrogen-bond acceptors (Lipinski definition) is 4. The lowest BCUT2D eigenvalue weighted by atomic mass is 9.94. The summed E-state index contributed by atoms with van der Waals surface area (Å²) in [5.74, 6) is 0. The monoisotopic (exact) mass is 664 g/mol. The highest BCUT2D eigenvalue weighted by Crippen LogP contribution is 2.37. The third kappa shape index (κ3) is 4.12. The van der Waals surface area contributed by atoms with Gasteiger partial charge in [0, 0.05) is 51.9 Å². The molecule has 0 saturated carbocycles. The van der Waals surface area contributed by atoms with Crippen molar-refractivity contribution in [1.29, 1.82) is 0 Å². The molecule has 0 saturated heterocycles. The second kappa shape index (κ2) is 11.2. The molecular formula is C46H28N6. The summed E-state index contributed by atoms with van der Waals surface area (Å²) in [5, 5.41) is 4.32. The Morgan fingerprint density at radius 3 is 1.17 bits per heavy atom. The van der Waals surface area contributed by atoms with E-state index in [0.717, 1.165) is 88.2 Å². The summed E-state index contributed by atoms with van der Waals surface area (Å²) in [5.41, 5.74) is 14.2. The number of fused-ring (bicyclic) bond motifs is 7. The maximum Gasteiger partial charge on any atom is 0.165 e. The van der Waals surface area contributed by atoms with Gasteiger partial charge in [-0.25, -0.2) is 9.97 Å². The van der Waals surface area contributed by atoms with Crippen LogP contribution in [-0.4, -0.2) is 28.7 Å². The number of rotatable bonds is 4. The van der Waals surface area contributed by atoms with Crippen molar-refractivity contribution in [1.82, 2.24) is 28.7 Å². The van der Waals surface area contributed by atoms with Gasteiger partial charge in [0.1, 0.15) is 16.5 Å². The summed E-state index contributed by atoms with van der Waals surface area (Å²) in [6.07, 6.45) is 7.13. The molecule has 52 heavy (non-hydrogen) atoms. The largest absolute Gasteiger partial charge is 0.276 e. The number of benzene rings is 6. The molecule has 11 rings (SSSR count). The number of para-hydroxylation sites is 2. The Hall–Kier alpha value is -7.18. The molecule has 0 bridgehead atoms. The Labute approximate surface area is 297 Å². The Morgan fingerprint density at radius 1 is 0.346 bits per heavy atom. The van der Waals surface area contributed by atoms with E-state index in [-0.39, 0.29) is 0 Å². The fourth-order valence-electron chi connectivity index (χ4n) is 8.05. The number of nitrogens with zero attached hydrogens (tertiary/aromatic N) is 6. The minimum Gasteiger partial charge on any atom is -0.276 e. The third-order valence-electron chi connectivity index (χ3n) is 10.3. The van der Waals surface area contributed by atoms with Crippen LogP contribution in [0, 0.1) is 0 Å². The molecule has 6 heteroatoms. The van der Waals surface area contributed by atoms with Crippen LogP contribution in [0.5, 0.6) is 0 Å². The van der Waals surface area contributed by atoms with Gasteiger partial charge < -0.3 is 0 Å². The van der Waals surface area contributed by atoms with Crippen LogP contribution in [0.2, 0.25) is 0 Å². The maximum atomic E-state index is 5.04. The van der Waals surface area contributed by atoms with E-state index in [1.807, 2.05) is 0 Å². The van der Waals surface area contributed by atoms with Crippen LogP contribution in [0.1, 0.15) is 11.1 Å². The van der Waals surface area contributed by atoms with E-state index in [1.54, 1.807) is 24.8 Å². The molecule has 0 unspecified atom stereocenters. The second-order valence-electron chi connectivity index (χ2n) is 13.1. The van der Waals surface area contributed by atoms with Gasteiger partial charge in [-0.15, -0.1) is 0 Å². The summed E-state index contributed by atoms with van der Waals surface area (Å²) in [4.78, 5) is 19.9. The Kier molecular flexibility index (Phi) is 6.15. The molecule has 0 aliphatic carbocycles. The lowest BCUT2D eigenvalue weighted by Gasteiger charge is -2.13. The van der Waals surface area contributed by atoms with E-state index >= 15 is 0 Å². The highest BCUT2D eigenvalue weighted by Gasteiger charge is 2.23. The van der Waals surface area contributed by atoms with Crippen molar-refractivity contribution < 1.29 is 0 Å². The normalized spacial score (nSPS) is 11.8.